The lowest BCUT2D eigenvalue weighted by molar-refractivity contribution is -0.155. The van der Waals surface area contributed by atoms with E-state index in [0.717, 1.165) is 0 Å². The van der Waals surface area contributed by atoms with Crippen molar-refractivity contribution in [1.29, 1.82) is 0 Å². The smallest absolute Gasteiger partial charge is 0.309 e. The third-order valence-corrected chi connectivity index (χ3v) is 2.53. The maximum absolute atomic E-state index is 13.0. The quantitative estimate of drug-likeness (QED) is 0.794. The molecule has 0 amide bonds. The monoisotopic (exact) mass is 318 g/mol. The van der Waals surface area contributed by atoms with Crippen LogP contribution < -0.4 is 4.74 Å². The van der Waals surface area contributed by atoms with Crippen molar-refractivity contribution in [2.75, 3.05) is 6.61 Å². The highest BCUT2D eigenvalue weighted by atomic mass is 79.9. The Morgan fingerprint density at radius 1 is 1.39 bits per heavy atom. The molecule has 0 saturated carbocycles. The first kappa shape index (κ1) is 15.0. The maximum Gasteiger partial charge on any atom is 0.309 e. The zero-order chi connectivity index (χ0) is 13.8. The molecule has 3 nitrogen and oxygen atoms in total. The normalized spacial score (nSPS) is 11.2. The summed E-state index contributed by atoms with van der Waals surface area (Å²) in [5.41, 5.74) is -0.503. The van der Waals surface area contributed by atoms with Gasteiger partial charge in [0.05, 0.1) is 17.5 Å². The number of carbonyl (C=O) groups excluding carboxylic acids is 1. The highest BCUT2D eigenvalue weighted by molar-refractivity contribution is 9.10. The molecule has 0 saturated heterocycles. The van der Waals surface area contributed by atoms with Crippen LogP contribution >= 0.6 is 15.9 Å². The van der Waals surface area contributed by atoms with E-state index in [0.29, 0.717) is 10.2 Å². The molecule has 0 fully saturated rings. The third-order valence-electron chi connectivity index (χ3n) is 1.88. The van der Waals surface area contributed by atoms with Gasteiger partial charge in [-0.3, -0.25) is 4.79 Å². The van der Waals surface area contributed by atoms with Crippen LogP contribution in [-0.2, 0) is 9.53 Å². The fourth-order valence-electron chi connectivity index (χ4n) is 1.22. The van der Waals surface area contributed by atoms with E-state index < -0.39 is 5.60 Å². The summed E-state index contributed by atoms with van der Waals surface area (Å²) in [5, 5.41) is 0. The summed E-state index contributed by atoms with van der Waals surface area (Å²) in [6.45, 7) is 5.55. The van der Waals surface area contributed by atoms with Gasteiger partial charge in [-0.1, -0.05) is 0 Å². The molecule has 0 aromatic heterocycles. The van der Waals surface area contributed by atoms with Gasteiger partial charge in [0.25, 0.3) is 0 Å². The minimum atomic E-state index is -0.503. The molecule has 1 aromatic carbocycles. The minimum Gasteiger partial charge on any atom is -0.492 e. The molecule has 18 heavy (non-hydrogen) atoms. The number of ether oxygens (including phenoxy) is 2. The van der Waals surface area contributed by atoms with Crippen LogP contribution in [0.1, 0.15) is 27.2 Å². The van der Waals surface area contributed by atoms with Gasteiger partial charge in [-0.25, -0.2) is 4.39 Å². The molecule has 0 aliphatic heterocycles. The van der Waals surface area contributed by atoms with Crippen molar-refractivity contribution >= 4 is 21.9 Å². The lowest BCUT2D eigenvalue weighted by atomic mass is 10.2. The average Bonchev–Trinajstić information content (AvgIpc) is 2.20. The van der Waals surface area contributed by atoms with Crippen LogP contribution in [0.3, 0.4) is 0 Å². The molecule has 0 aliphatic carbocycles. The number of halogens is 2. The van der Waals surface area contributed by atoms with Crippen LogP contribution in [0.4, 0.5) is 4.39 Å². The lowest BCUT2D eigenvalue weighted by Gasteiger charge is -2.19. The minimum absolute atomic E-state index is 0.125. The fourth-order valence-corrected chi connectivity index (χ4v) is 1.59. The van der Waals surface area contributed by atoms with E-state index in [1.807, 2.05) is 0 Å². The summed E-state index contributed by atoms with van der Waals surface area (Å²) < 4.78 is 24.0. The highest BCUT2D eigenvalue weighted by Gasteiger charge is 2.16. The highest BCUT2D eigenvalue weighted by Crippen LogP contribution is 2.25. The molecular formula is C13H16BrFO3. The summed E-state index contributed by atoms with van der Waals surface area (Å²) >= 11 is 3.24. The zero-order valence-electron chi connectivity index (χ0n) is 10.6. The summed E-state index contributed by atoms with van der Waals surface area (Å²) in [5.74, 6) is -0.348. The fraction of sp³-hybridized carbons (Fsp3) is 0.462. The predicted octanol–water partition coefficient (Wildman–Crippen LogP) is 3.70. The van der Waals surface area contributed by atoms with E-state index >= 15 is 0 Å². The van der Waals surface area contributed by atoms with Crippen molar-refractivity contribution in [1.82, 2.24) is 0 Å². The molecule has 0 bridgehead atoms. The van der Waals surface area contributed by atoms with Crippen LogP contribution in [0.25, 0.3) is 0 Å². The van der Waals surface area contributed by atoms with E-state index in [1.54, 1.807) is 26.8 Å². The van der Waals surface area contributed by atoms with Gasteiger partial charge in [0, 0.05) is 6.07 Å². The standard InChI is InChI=1S/C13H16BrFO3/c1-13(2,3)18-12(16)6-7-17-11-8-9(15)4-5-10(11)14/h4-5,8H,6-7H2,1-3H3. The molecule has 0 N–H and O–H groups in total. The van der Waals surface area contributed by atoms with Crippen molar-refractivity contribution in [3.8, 4) is 5.75 Å². The first-order chi connectivity index (χ1) is 8.28. The molecule has 5 heteroatoms. The van der Waals surface area contributed by atoms with Gasteiger partial charge in [-0.15, -0.1) is 0 Å². The van der Waals surface area contributed by atoms with Gasteiger partial charge in [-0.2, -0.15) is 0 Å². The average molecular weight is 319 g/mol. The summed E-state index contributed by atoms with van der Waals surface area (Å²) in [4.78, 5) is 11.4. The van der Waals surface area contributed by atoms with Gasteiger partial charge in [0.1, 0.15) is 17.2 Å². The predicted molar refractivity (Wildman–Crippen MR) is 70.1 cm³/mol. The Morgan fingerprint density at radius 3 is 2.67 bits per heavy atom. The second-order valence-electron chi connectivity index (χ2n) is 4.76. The van der Waals surface area contributed by atoms with E-state index in [2.05, 4.69) is 15.9 Å². The second kappa shape index (κ2) is 6.18. The Labute approximate surface area is 114 Å². The van der Waals surface area contributed by atoms with Gasteiger partial charge >= 0.3 is 5.97 Å². The Kier molecular flexibility index (Phi) is 5.14. The van der Waals surface area contributed by atoms with Crippen LogP contribution in [0.2, 0.25) is 0 Å². The molecule has 0 radical (unpaired) electrons. The van der Waals surface area contributed by atoms with Crippen LogP contribution in [0, 0.1) is 5.82 Å². The Morgan fingerprint density at radius 2 is 2.06 bits per heavy atom. The number of rotatable bonds is 4. The number of benzene rings is 1. The van der Waals surface area contributed by atoms with Gasteiger partial charge in [0.2, 0.25) is 0 Å². The van der Waals surface area contributed by atoms with E-state index in [-0.39, 0.29) is 24.8 Å². The number of carbonyl (C=O) groups is 1. The zero-order valence-corrected chi connectivity index (χ0v) is 12.2. The molecule has 0 spiro atoms. The van der Waals surface area contributed by atoms with Gasteiger partial charge in [0.15, 0.2) is 0 Å². The second-order valence-corrected chi connectivity index (χ2v) is 5.61. The van der Waals surface area contributed by atoms with E-state index in [1.165, 1.54) is 12.1 Å². The summed E-state index contributed by atoms with van der Waals surface area (Å²) in [6, 6.07) is 4.14. The third kappa shape index (κ3) is 5.49. The summed E-state index contributed by atoms with van der Waals surface area (Å²) in [7, 11) is 0. The van der Waals surface area contributed by atoms with E-state index in [9.17, 15) is 9.18 Å². The van der Waals surface area contributed by atoms with Gasteiger partial charge in [-0.05, 0) is 48.8 Å². The van der Waals surface area contributed by atoms with Gasteiger partial charge < -0.3 is 9.47 Å². The van der Waals surface area contributed by atoms with E-state index in [4.69, 9.17) is 9.47 Å². The first-order valence-electron chi connectivity index (χ1n) is 5.57. The molecule has 0 unspecified atom stereocenters. The topological polar surface area (TPSA) is 35.5 Å². The molecule has 100 valence electrons. The van der Waals surface area contributed by atoms with Crippen LogP contribution in [0.15, 0.2) is 22.7 Å². The molecule has 0 atom stereocenters. The molecule has 1 aromatic rings. The van der Waals surface area contributed by atoms with Crippen molar-refractivity contribution in [2.24, 2.45) is 0 Å². The Balaban J connectivity index is 2.42. The summed E-state index contributed by atoms with van der Waals surface area (Å²) in [6.07, 6.45) is 0.125. The molecular weight excluding hydrogens is 303 g/mol. The molecule has 0 heterocycles. The van der Waals surface area contributed by atoms with Crippen molar-refractivity contribution in [3.05, 3.63) is 28.5 Å². The van der Waals surface area contributed by atoms with Crippen LogP contribution in [0.5, 0.6) is 5.75 Å². The van der Waals surface area contributed by atoms with Crippen LogP contribution in [-0.4, -0.2) is 18.2 Å². The Bertz CT molecular complexity index is 427. The number of hydrogen-bond acceptors (Lipinski definition) is 3. The van der Waals surface area contributed by atoms with Crippen molar-refractivity contribution in [2.45, 2.75) is 32.8 Å². The molecule has 1 rings (SSSR count). The van der Waals surface area contributed by atoms with Crippen molar-refractivity contribution < 1.29 is 18.7 Å². The van der Waals surface area contributed by atoms with Crippen molar-refractivity contribution in [3.63, 3.8) is 0 Å². The first-order valence-corrected chi connectivity index (χ1v) is 6.37. The SMILES string of the molecule is CC(C)(C)OC(=O)CCOc1cc(F)ccc1Br. The number of esters is 1. The Hall–Kier alpha value is -1.10. The number of hydrogen-bond donors (Lipinski definition) is 0. The molecule has 0 aliphatic rings. The lowest BCUT2D eigenvalue weighted by Crippen LogP contribution is -2.24. The largest absolute Gasteiger partial charge is 0.492 e. The maximum atomic E-state index is 13.0.